The van der Waals surface area contributed by atoms with Gasteiger partial charge in [0.15, 0.2) is 0 Å². The van der Waals surface area contributed by atoms with Crippen molar-refractivity contribution in [2.75, 3.05) is 18.9 Å². The van der Waals surface area contributed by atoms with E-state index in [2.05, 4.69) is 10.4 Å². The predicted molar refractivity (Wildman–Crippen MR) is 80.8 cm³/mol. The number of carbonyl (C=O) groups is 1. The normalized spacial score (nSPS) is 10.3. The van der Waals surface area contributed by atoms with Gasteiger partial charge in [-0.2, -0.15) is 5.10 Å². The zero-order chi connectivity index (χ0) is 14.9. The van der Waals surface area contributed by atoms with Crippen LogP contribution in [0.15, 0.2) is 42.7 Å². The summed E-state index contributed by atoms with van der Waals surface area (Å²) in [6, 6.07) is 9.13. The highest BCUT2D eigenvalue weighted by atomic mass is 16.5. The lowest BCUT2D eigenvalue weighted by Crippen LogP contribution is -2.26. The molecule has 6 nitrogen and oxygen atoms in total. The van der Waals surface area contributed by atoms with Gasteiger partial charge in [-0.1, -0.05) is 12.1 Å². The van der Waals surface area contributed by atoms with Gasteiger partial charge in [-0.3, -0.25) is 9.48 Å². The van der Waals surface area contributed by atoms with Gasteiger partial charge >= 0.3 is 0 Å². The summed E-state index contributed by atoms with van der Waals surface area (Å²) in [7, 11) is 0. The van der Waals surface area contributed by atoms with E-state index in [9.17, 15) is 4.79 Å². The lowest BCUT2D eigenvalue weighted by molar-refractivity contribution is -0.121. The third kappa shape index (κ3) is 5.18. The number of hydrogen-bond donors (Lipinski definition) is 2. The van der Waals surface area contributed by atoms with Crippen molar-refractivity contribution in [3.8, 4) is 5.75 Å². The van der Waals surface area contributed by atoms with E-state index in [0.29, 0.717) is 31.0 Å². The molecule has 0 fully saturated rings. The predicted octanol–water partition coefficient (Wildman–Crippen LogP) is 1.44. The monoisotopic (exact) mass is 288 g/mol. The first-order chi connectivity index (χ1) is 10.3. The second-order valence-electron chi connectivity index (χ2n) is 4.61. The smallest absolute Gasteiger partial charge is 0.223 e. The highest BCUT2D eigenvalue weighted by Gasteiger charge is 2.03. The molecule has 0 saturated carbocycles. The minimum Gasteiger partial charge on any atom is -0.491 e. The van der Waals surface area contributed by atoms with Gasteiger partial charge in [-0.15, -0.1) is 0 Å². The van der Waals surface area contributed by atoms with Crippen LogP contribution in [-0.2, 0) is 11.3 Å². The minimum atomic E-state index is -0.0232. The Hall–Kier alpha value is -2.50. The zero-order valence-electron chi connectivity index (χ0n) is 11.9. The first-order valence-corrected chi connectivity index (χ1v) is 6.97. The number of hydrogen-bond acceptors (Lipinski definition) is 4. The number of ether oxygens (including phenoxy) is 1. The number of aromatic nitrogens is 2. The van der Waals surface area contributed by atoms with Crippen LogP contribution >= 0.6 is 0 Å². The summed E-state index contributed by atoms with van der Waals surface area (Å²) in [5.41, 5.74) is 6.33. The van der Waals surface area contributed by atoms with Gasteiger partial charge in [0.2, 0.25) is 5.91 Å². The molecule has 0 atom stereocenters. The summed E-state index contributed by atoms with van der Waals surface area (Å²) in [5.74, 6) is 0.592. The van der Waals surface area contributed by atoms with Crippen LogP contribution in [-0.4, -0.2) is 28.8 Å². The largest absolute Gasteiger partial charge is 0.491 e. The molecule has 2 rings (SSSR count). The molecule has 0 aliphatic rings. The molecule has 0 radical (unpaired) electrons. The first-order valence-electron chi connectivity index (χ1n) is 6.97. The molecule has 0 saturated heterocycles. The SMILES string of the molecule is Nc1ccccc1OCCC(=O)NCCCn1cccn1. The van der Waals surface area contributed by atoms with E-state index in [1.165, 1.54) is 0 Å². The van der Waals surface area contributed by atoms with Crippen molar-refractivity contribution < 1.29 is 9.53 Å². The highest BCUT2D eigenvalue weighted by Crippen LogP contribution is 2.19. The summed E-state index contributed by atoms with van der Waals surface area (Å²) >= 11 is 0. The third-order valence-electron chi connectivity index (χ3n) is 2.95. The quantitative estimate of drug-likeness (QED) is 0.569. The number of carbonyl (C=O) groups excluding carboxylic acids is 1. The summed E-state index contributed by atoms with van der Waals surface area (Å²) in [6.45, 7) is 1.75. The first kappa shape index (κ1) is 14.9. The van der Waals surface area contributed by atoms with Crippen molar-refractivity contribution in [3.63, 3.8) is 0 Å². The van der Waals surface area contributed by atoms with Crippen molar-refractivity contribution in [3.05, 3.63) is 42.7 Å². The number of nitrogens with two attached hydrogens (primary N) is 1. The van der Waals surface area contributed by atoms with Crippen LogP contribution in [0.5, 0.6) is 5.75 Å². The number of nitrogens with one attached hydrogen (secondary N) is 1. The van der Waals surface area contributed by atoms with Gasteiger partial charge in [0.1, 0.15) is 5.75 Å². The molecule has 1 aromatic heterocycles. The molecular weight excluding hydrogens is 268 g/mol. The Kier molecular flexibility index (Phi) is 5.63. The summed E-state index contributed by atoms with van der Waals surface area (Å²) in [4.78, 5) is 11.6. The molecule has 1 amide bonds. The fourth-order valence-corrected chi connectivity index (χ4v) is 1.86. The lowest BCUT2D eigenvalue weighted by Gasteiger charge is -2.09. The molecule has 3 N–H and O–H groups in total. The number of nitrogen functional groups attached to an aromatic ring is 1. The Labute approximate surface area is 123 Å². The van der Waals surface area contributed by atoms with E-state index in [4.69, 9.17) is 10.5 Å². The van der Waals surface area contributed by atoms with Crippen LogP contribution in [0.2, 0.25) is 0 Å². The molecular formula is C15H20N4O2. The average Bonchev–Trinajstić information content (AvgIpc) is 2.99. The number of para-hydroxylation sites is 2. The van der Waals surface area contributed by atoms with E-state index in [0.717, 1.165) is 13.0 Å². The van der Waals surface area contributed by atoms with Crippen molar-refractivity contribution in [1.29, 1.82) is 0 Å². The Balaban J connectivity index is 1.56. The molecule has 0 aliphatic heterocycles. The Morgan fingerprint density at radius 3 is 2.95 bits per heavy atom. The van der Waals surface area contributed by atoms with Crippen molar-refractivity contribution in [1.82, 2.24) is 15.1 Å². The Morgan fingerprint density at radius 2 is 2.19 bits per heavy atom. The van der Waals surface area contributed by atoms with Gasteiger partial charge in [-0.25, -0.2) is 0 Å². The molecule has 112 valence electrons. The molecule has 2 aromatic rings. The molecule has 0 spiro atoms. The maximum atomic E-state index is 11.6. The number of anilines is 1. The molecule has 1 aromatic carbocycles. The number of benzene rings is 1. The van der Waals surface area contributed by atoms with Crippen LogP contribution < -0.4 is 15.8 Å². The number of rotatable bonds is 8. The maximum Gasteiger partial charge on any atom is 0.223 e. The van der Waals surface area contributed by atoms with E-state index in [1.807, 2.05) is 29.1 Å². The number of amides is 1. The average molecular weight is 288 g/mol. The van der Waals surface area contributed by atoms with Gasteiger partial charge in [-0.05, 0) is 24.6 Å². The van der Waals surface area contributed by atoms with Crippen LogP contribution in [0.1, 0.15) is 12.8 Å². The van der Waals surface area contributed by atoms with Gasteiger partial charge in [0, 0.05) is 25.5 Å². The van der Waals surface area contributed by atoms with E-state index < -0.39 is 0 Å². The third-order valence-corrected chi connectivity index (χ3v) is 2.95. The van der Waals surface area contributed by atoms with E-state index >= 15 is 0 Å². The topological polar surface area (TPSA) is 82.2 Å². The minimum absolute atomic E-state index is 0.0232. The standard InChI is InChI=1S/C15H20N4O2/c16-13-5-1-2-6-14(13)21-12-7-15(20)17-8-3-10-19-11-4-9-18-19/h1-2,4-6,9,11H,3,7-8,10,12,16H2,(H,17,20). The van der Waals surface area contributed by atoms with Gasteiger partial charge in [0.05, 0.1) is 18.7 Å². The van der Waals surface area contributed by atoms with Gasteiger partial charge in [0.25, 0.3) is 0 Å². The summed E-state index contributed by atoms with van der Waals surface area (Å²) in [5, 5.41) is 6.95. The fraction of sp³-hybridized carbons (Fsp3) is 0.333. The summed E-state index contributed by atoms with van der Waals surface area (Å²) in [6.07, 6.45) is 4.81. The molecule has 0 aliphatic carbocycles. The molecule has 1 heterocycles. The van der Waals surface area contributed by atoms with E-state index in [-0.39, 0.29) is 5.91 Å². The van der Waals surface area contributed by atoms with Crippen LogP contribution in [0.25, 0.3) is 0 Å². The second kappa shape index (κ2) is 7.94. The van der Waals surface area contributed by atoms with Gasteiger partial charge < -0.3 is 15.8 Å². The van der Waals surface area contributed by atoms with E-state index in [1.54, 1.807) is 18.3 Å². The molecule has 0 bridgehead atoms. The second-order valence-corrected chi connectivity index (χ2v) is 4.61. The van der Waals surface area contributed by atoms with Crippen LogP contribution in [0.3, 0.4) is 0 Å². The number of aryl methyl sites for hydroxylation is 1. The zero-order valence-corrected chi connectivity index (χ0v) is 11.9. The van der Waals surface area contributed by atoms with Crippen molar-refractivity contribution >= 4 is 11.6 Å². The Bertz CT molecular complexity index is 555. The van der Waals surface area contributed by atoms with Crippen molar-refractivity contribution in [2.24, 2.45) is 0 Å². The fourth-order valence-electron chi connectivity index (χ4n) is 1.86. The molecule has 0 unspecified atom stereocenters. The summed E-state index contributed by atoms with van der Waals surface area (Å²) < 4.78 is 7.31. The van der Waals surface area contributed by atoms with Crippen molar-refractivity contribution in [2.45, 2.75) is 19.4 Å². The highest BCUT2D eigenvalue weighted by molar-refractivity contribution is 5.75. The number of nitrogens with zero attached hydrogens (tertiary/aromatic N) is 2. The maximum absolute atomic E-state index is 11.6. The van der Waals surface area contributed by atoms with Crippen LogP contribution in [0, 0.1) is 0 Å². The van der Waals surface area contributed by atoms with Crippen LogP contribution in [0.4, 0.5) is 5.69 Å². The molecule has 6 heteroatoms. The molecule has 21 heavy (non-hydrogen) atoms. The Morgan fingerprint density at radius 1 is 1.33 bits per heavy atom. The lowest BCUT2D eigenvalue weighted by atomic mass is 10.3.